The molecule has 0 aliphatic heterocycles. The van der Waals surface area contributed by atoms with Crippen molar-refractivity contribution in [2.45, 2.75) is 29.9 Å². The van der Waals surface area contributed by atoms with Gasteiger partial charge in [0.2, 0.25) is 0 Å². The van der Waals surface area contributed by atoms with E-state index < -0.39 is 11.9 Å². The van der Waals surface area contributed by atoms with Crippen LogP contribution in [-0.2, 0) is 6.18 Å². The number of pyridine rings is 2. The van der Waals surface area contributed by atoms with Crippen LogP contribution in [0.4, 0.5) is 18.9 Å². The van der Waals surface area contributed by atoms with E-state index >= 15 is 0 Å². The first-order valence-electron chi connectivity index (χ1n) is 5.71. The summed E-state index contributed by atoms with van der Waals surface area (Å²) in [5.41, 5.74) is 6.71. The summed E-state index contributed by atoms with van der Waals surface area (Å²) in [5.74, 6) is 0. The normalized spacial score (nSPS) is 11.7. The van der Waals surface area contributed by atoms with Crippen LogP contribution in [0.1, 0.15) is 17.0 Å². The van der Waals surface area contributed by atoms with Gasteiger partial charge < -0.3 is 5.73 Å². The van der Waals surface area contributed by atoms with Crippen LogP contribution in [0.3, 0.4) is 0 Å². The third-order valence-electron chi connectivity index (χ3n) is 2.47. The van der Waals surface area contributed by atoms with Crippen molar-refractivity contribution >= 4 is 17.4 Å². The number of hydrogen-bond donors (Lipinski definition) is 1. The minimum absolute atomic E-state index is 0.198. The molecule has 2 heterocycles. The minimum atomic E-state index is -4.49. The van der Waals surface area contributed by atoms with Gasteiger partial charge in [-0.25, -0.2) is 9.97 Å². The molecule has 0 fully saturated rings. The van der Waals surface area contributed by atoms with Crippen molar-refractivity contribution in [2.24, 2.45) is 0 Å². The minimum Gasteiger partial charge on any atom is -0.397 e. The molecule has 106 valence electrons. The van der Waals surface area contributed by atoms with Crippen LogP contribution in [0.25, 0.3) is 0 Å². The predicted molar refractivity (Wildman–Crippen MR) is 71.5 cm³/mol. The van der Waals surface area contributed by atoms with Crippen molar-refractivity contribution in [2.75, 3.05) is 5.73 Å². The number of aromatic nitrogens is 2. The average molecular weight is 299 g/mol. The lowest BCUT2D eigenvalue weighted by Gasteiger charge is -2.10. The number of rotatable bonds is 2. The molecule has 3 nitrogen and oxygen atoms in total. The van der Waals surface area contributed by atoms with Gasteiger partial charge >= 0.3 is 6.18 Å². The molecule has 2 aromatic rings. The summed E-state index contributed by atoms with van der Waals surface area (Å²) in [6, 6.07) is 4.63. The smallest absolute Gasteiger partial charge is 0.397 e. The van der Waals surface area contributed by atoms with Crippen LogP contribution >= 0.6 is 11.8 Å². The van der Waals surface area contributed by atoms with Gasteiger partial charge in [0, 0.05) is 10.6 Å². The van der Waals surface area contributed by atoms with E-state index in [1.165, 1.54) is 0 Å². The third-order valence-corrected chi connectivity index (χ3v) is 3.47. The number of anilines is 1. The van der Waals surface area contributed by atoms with Crippen LogP contribution in [0.5, 0.6) is 0 Å². The van der Waals surface area contributed by atoms with Gasteiger partial charge in [-0.2, -0.15) is 13.2 Å². The Morgan fingerprint density at radius 2 is 1.85 bits per heavy atom. The SMILES string of the molecule is Cc1cc(C)nc(Sc2cc(C(F)(F)F)ncc2N)c1. The van der Waals surface area contributed by atoms with Crippen LogP contribution in [-0.4, -0.2) is 9.97 Å². The fourth-order valence-corrected chi connectivity index (χ4v) is 2.66. The van der Waals surface area contributed by atoms with Gasteiger partial charge in [-0.15, -0.1) is 0 Å². The summed E-state index contributed by atoms with van der Waals surface area (Å²) < 4.78 is 37.9. The molecule has 0 bridgehead atoms. The number of halogens is 3. The molecule has 0 aromatic carbocycles. The fourth-order valence-electron chi connectivity index (χ4n) is 1.66. The van der Waals surface area contributed by atoms with Gasteiger partial charge in [0.05, 0.1) is 11.9 Å². The molecule has 0 radical (unpaired) electrons. The van der Waals surface area contributed by atoms with Crippen molar-refractivity contribution in [1.82, 2.24) is 9.97 Å². The first-order chi connectivity index (χ1) is 9.25. The molecule has 0 amide bonds. The van der Waals surface area contributed by atoms with Crippen molar-refractivity contribution in [3.8, 4) is 0 Å². The molecule has 20 heavy (non-hydrogen) atoms. The Balaban J connectivity index is 2.37. The molecule has 0 saturated carbocycles. The second kappa shape index (κ2) is 5.32. The van der Waals surface area contributed by atoms with Crippen molar-refractivity contribution in [3.63, 3.8) is 0 Å². The van der Waals surface area contributed by atoms with E-state index in [0.29, 0.717) is 9.92 Å². The van der Waals surface area contributed by atoms with Gasteiger partial charge in [-0.05, 0) is 37.6 Å². The monoisotopic (exact) mass is 299 g/mol. The largest absolute Gasteiger partial charge is 0.433 e. The number of nitrogens with two attached hydrogens (primary N) is 1. The number of nitrogen functional groups attached to an aromatic ring is 1. The molecule has 0 aliphatic carbocycles. The topological polar surface area (TPSA) is 51.8 Å². The maximum Gasteiger partial charge on any atom is 0.433 e. The van der Waals surface area contributed by atoms with E-state index in [1.54, 1.807) is 6.07 Å². The highest BCUT2D eigenvalue weighted by atomic mass is 32.2. The third kappa shape index (κ3) is 3.41. The highest BCUT2D eigenvalue weighted by molar-refractivity contribution is 7.99. The Labute approximate surface area is 118 Å². The number of nitrogens with zero attached hydrogens (tertiary/aromatic N) is 2. The maximum absolute atomic E-state index is 12.6. The summed E-state index contributed by atoms with van der Waals surface area (Å²) in [6.07, 6.45) is -3.47. The Morgan fingerprint density at radius 3 is 2.45 bits per heavy atom. The van der Waals surface area contributed by atoms with Gasteiger partial charge in [0.25, 0.3) is 0 Å². The first kappa shape index (κ1) is 14.6. The van der Waals surface area contributed by atoms with Crippen molar-refractivity contribution in [1.29, 1.82) is 0 Å². The Bertz CT molecular complexity index is 621. The first-order valence-corrected chi connectivity index (χ1v) is 6.53. The molecule has 0 atom stereocenters. The molecule has 0 aliphatic rings. The molecule has 2 rings (SSSR count). The highest BCUT2D eigenvalue weighted by Gasteiger charge is 2.33. The molecule has 0 spiro atoms. The van der Waals surface area contributed by atoms with E-state index in [4.69, 9.17) is 5.73 Å². The highest BCUT2D eigenvalue weighted by Crippen LogP contribution is 2.35. The summed E-state index contributed by atoms with van der Waals surface area (Å²) >= 11 is 1.10. The van der Waals surface area contributed by atoms with E-state index in [0.717, 1.165) is 35.3 Å². The summed E-state index contributed by atoms with van der Waals surface area (Å²) in [4.78, 5) is 7.87. The van der Waals surface area contributed by atoms with Crippen LogP contribution in [0.15, 0.2) is 34.3 Å². The lowest BCUT2D eigenvalue weighted by molar-refractivity contribution is -0.141. The van der Waals surface area contributed by atoms with Crippen LogP contribution in [0.2, 0.25) is 0 Å². The van der Waals surface area contributed by atoms with E-state index in [1.807, 2.05) is 19.9 Å². The van der Waals surface area contributed by atoms with E-state index in [2.05, 4.69) is 9.97 Å². The molecule has 2 aromatic heterocycles. The summed E-state index contributed by atoms with van der Waals surface area (Å²) in [7, 11) is 0. The van der Waals surface area contributed by atoms with Gasteiger partial charge in [0.1, 0.15) is 10.7 Å². The second-order valence-corrected chi connectivity index (χ2v) is 5.39. The number of aryl methyl sites for hydroxylation is 2. The Hall–Kier alpha value is -1.76. The quantitative estimate of drug-likeness (QED) is 0.915. The number of alkyl halides is 3. The summed E-state index contributed by atoms with van der Waals surface area (Å²) in [6.45, 7) is 3.73. The standard InChI is InChI=1S/C13H12F3N3S/c1-7-3-8(2)19-12(4-7)20-10-5-11(13(14,15)16)18-6-9(10)17/h3-6H,17H2,1-2H3. The number of hydrogen-bond acceptors (Lipinski definition) is 4. The molecular weight excluding hydrogens is 287 g/mol. The maximum atomic E-state index is 12.6. The molecule has 2 N–H and O–H groups in total. The second-order valence-electron chi connectivity index (χ2n) is 4.33. The predicted octanol–water partition coefficient (Wildman–Crippen LogP) is 3.85. The summed E-state index contributed by atoms with van der Waals surface area (Å²) in [5, 5.41) is 0.605. The lowest BCUT2D eigenvalue weighted by Crippen LogP contribution is -2.08. The average Bonchev–Trinajstić information content (AvgIpc) is 2.29. The van der Waals surface area contributed by atoms with Crippen molar-refractivity contribution < 1.29 is 13.2 Å². The molecule has 0 saturated heterocycles. The lowest BCUT2D eigenvalue weighted by atomic mass is 10.3. The zero-order valence-corrected chi connectivity index (χ0v) is 11.6. The van der Waals surface area contributed by atoms with Gasteiger partial charge in [-0.3, -0.25) is 0 Å². The van der Waals surface area contributed by atoms with Crippen LogP contribution < -0.4 is 5.73 Å². The van der Waals surface area contributed by atoms with Gasteiger partial charge in [-0.1, -0.05) is 11.8 Å². The van der Waals surface area contributed by atoms with E-state index in [-0.39, 0.29) is 5.69 Å². The zero-order valence-electron chi connectivity index (χ0n) is 10.8. The molecule has 0 unspecified atom stereocenters. The molecule has 7 heteroatoms. The van der Waals surface area contributed by atoms with E-state index in [9.17, 15) is 13.2 Å². The zero-order chi connectivity index (χ0) is 14.9. The molecular formula is C13H12F3N3S. The van der Waals surface area contributed by atoms with Crippen molar-refractivity contribution in [3.05, 3.63) is 41.3 Å². The Morgan fingerprint density at radius 1 is 1.15 bits per heavy atom. The Kier molecular flexibility index (Phi) is 3.89. The van der Waals surface area contributed by atoms with Gasteiger partial charge in [0.15, 0.2) is 0 Å². The fraction of sp³-hybridized carbons (Fsp3) is 0.231. The van der Waals surface area contributed by atoms with Crippen LogP contribution in [0, 0.1) is 13.8 Å².